The maximum absolute atomic E-state index is 11.0. The monoisotopic (exact) mass is 228 g/mol. The van der Waals surface area contributed by atoms with E-state index in [2.05, 4.69) is 5.10 Å². The molecule has 1 aromatic heterocycles. The molecule has 1 N–H and O–H groups in total. The maximum Gasteiger partial charge on any atom is 0.343 e. The van der Waals surface area contributed by atoms with Crippen molar-refractivity contribution >= 4 is 5.97 Å². The average molecular weight is 228 g/mol. The molecule has 0 spiro atoms. The minimum atomic E-state index is -1.02. The van der Waals surface area contributed by atoms with Gasteiger partial charge < -0.3 is 14.6 Å². The van der Waals surface area contributed by atoms with Gasteiger partial charge in [-0.2, -0.15) is 5.10 Å². The summed E-state index contributed by atoms with van der Waals surface area (Å²) in [5, 5.41) is 13.0. The van der Waals surface area contributed by atoms with E-state index >= 15 is 0 Å². The first kappa shape index (κ1) is 12.5. The third-order valence-corrected chi connectivity index (χ3v) is 2.12. The Balaban J connectivity index is 2.74. The van der Waals surface area contributed by atoms with Crippen LogP contribution in [0.4, 0.5) is 0 Å². The number of nitrogens with zero attached hydrogens (tertiary/aromatic N) is 2. The summed E-state index contributed by atoms with van der Waals surface area (Å²) in [5.41, 5.74) is 0.580. The molecule has 0 aliphatic rings. The molecule has 90 valence electrons. The van der Waals surface area contributed by atoms with Crippen LogP contribution in [-0.4, -0.2) is 41.2 Å². The molecular weight excluding hydrogens is 212 g/mol. The van der Waals surface area contributed by atoms with E-state index in [0.29, 0.717) is 31.2 Å². The predicted molar refractivity (Wildman–Crippen MR) is 56.9 cm³/mol. The SMILES string of the molecule is COCCCOc1c(C(=O)O)c(C)nn1C. The highest BCUT2D eigenvalue weighted by atomic mass is 16.5. The molecule has 0 aliphatic heterocycles. The summed E-state index contributed by atoms with van der Waals surface area (Å²) in [5.74, 6) is -0.728. The first-order valence-corrected chi connectivity index (χ1v) is 4.96. The predicted octanol–water partition coefficient (Wildman–Crippen LogP) is 0.842. The van der Waals surface area contributed by atoms with Gasteiger partial charge in [0.05, 0.1) is 12.3 Å². The largest absolute Gasteiger partial charge is 0.477 e. The lowest BCUT2D eigenvalue weighted by Crippen LogP contribution is -2.08. The Morgan fingerprint density at radius 2 is 2.19 bits per heavy atom. The fraction of sp³-hybridized carbons (Fsp3) is 0.600. The first-order valence-electron chi connectivity index (χ1n) is 4.96. The summed E-state index contributed by atoms with van der Waals surface area (Å²) in [6, 6.07) is 0. The summed E-state index contributed by atoms with van der Waals surface area (Å²) in [4.78, 5) is 11.0. The number of aryl methyl sites for hydroxylation is 2. The van der Waals surface area contributed by atoms with Crippen LogP contribution in [0.5, 0.6) is 5.88 Å². The molecular formula is C10H16N2O4. The van der Waals surface area contributed by atoms with E-state index in [-0.39, 0.29) is 5.56 Å². The van der Waals surface area contributed by atoms with Gasteiger partial charge in [0.25, 0.3) is 0 Å². The Morgan fingerprint density at radius 3 is 2.75 bits per heavy atom. The molecule has 1 aromatic rings. The number of hydrogen-bond acceptors (Lipinski definition) is 4. The molecule has 0 aromatic carbocycles. The molecule has 0 unspecified atom stereocenters. The van der Waals surface area contributed by atoms with E-state index in [1.54, 1.807) is 21.1 Å². The van der Waals surface area contributed by atoms with E-state index in [0.717, 1.165) is 0 Å². The summed E-state index contributed by atoms with van der Waals surface area (Å²) < 4.78 is 11.7. The molecule has 6 nitrogen and oxygen atoms in total. The van der Waals surface area contributed by atoms with Crippen molar-refractivity contribution in [3.8, 4) is 5.88 Å². The number of methoxy groups -OCH3 is 1. The van der Waals surface area contributed by atoms with E-state index in [4.69, 9.17) is 14.6 Å². The van der Waals surface area contributed by atoms with Gasteiger partial charge in [0, 0.05) is 27.2 Å². The fourth-order valence-electron chi connectivity index (χ4n) is 1.42. The van der Waals surface area contributed by atoms with Crippen molar-refractivity contribution in [3.05, 3.63) is 11.3 Å². The topological polar surface area (TPSA) is 73.6 Å². The number of hydrogen-bond donors (Lipinski definition) is 1. The Labute approximate surface area is 93.8 Å². The second kappa shape index (κ2) is 5.50. The average Bonchev–Trinajstić information content (AvgIpc) is 2.48. The molecule has 0 saturated heterocycles. The summed E-state index contributed by atoms with van der Waals surface area (Å²) in [6.45, 7) is 2.64. The molecule has 0 bridgehead atoms. The zero-order chi connectivity index (χ0) is 12.1. The highest BCUT2D eigenvalue weighted by molar-refractivity contribution is 5.91. The Kier molecular flexibility index (Phi) is 4.30. The maximum atomic E-state index is 11.0. The summed E-state index contributed by atoms with van der Waals surface area (Å²) in [7, 11) is 3.27. The molecule has 0 amide bonds. The molecule has 0 aliphatic carbocycles. The molecule has 16 heavy (non-hydrogen) atoms. The van der Waals surface area contributed by atoms with Crippen LogP contribution in [0.3, 0.4) is 0 Å². The zero-order valence-electron chi connectivity index (χ0n) is 9.69. The van der Waals surface area contributed by atoms with Crippen molar-refractivity contribution in [1.29, 1.82) is 0 Å². The van der Waals surface area contributed by atoms with Crippen LogP contribution >= 0.6 is 0 Å². The van der Waals surface area contributed by atoms with E-state index in [1.165, 1.54) is 4.68 Å². The lowest BCUT2D eigenvalue weighted by Gasteiger charge is -2.06. The number of aromatic carboxylic acids is 1. The zero-order valence-corrected chi connectivity index (χ0v) is 9.69. The third-order valence-electron chi connectivity index (χ3n) is 2.12. The normalized spacial score (nSPS) is 10.4. The molecule has 0 atom stereocenters. The second-order valence-electron chi connectivity index (χ2n) is 3.39. The van der Waals surface area contributed by atoms with E-state index in [1.807, 2.05) is 0 Å². The Morgan fingerprint density at radius 1 is 1.50 bits per heavy atom. The highest BCUT2D eigenvalue weighted by Crippen LogP contribution is 2.21. The number of carboxylic acids is 1. The smallest absolute Gasteiger partial charge is 0.343 e. The molecule has 1 heterocycles. The molecule has 1 rings (SSSR count). The van der Waals surface area contributed by atoms with Gasteiger partial charge >= 0.3 is 5.97 Å². The van der Waals surface area contributed by atoms with Crippen LogP contribution in [0.1, 0.15) is 22.5 Å². The summed E-state index contributed by atoms with van der Waals surface area (Å²) >= 11 is 0. The van der Waals surface area contributed by atoms with Crippen molar-refractivity contribution in [1.82, 2.24) is 9.78 Å². The third kappa shape index (κ3) is 2.73. The van der Waals surface area contributed by atoms with Crippen LogP contribution in [0.15, 0.2) is 0 Å². The lowest BCUT2D eigenvalue weighted by atomic mass is 10.2. The minimum absolute atomic E-state index is 0.125. The van der Waals surface area contributed by atoms with Gasteiger partial charge in [0.1, 0.15) is 5.56 Å². The van der Waals surface area contributed by atoms with Crippen LogP contribution in [0, 0.1) is 6.92 Å². The molecule has 0 radical (unpaired) electrons. The van der Waals surface area contributed by atoms with Crippen molar-refractivity contribution in [2.24, 2.45) is 7.05 Å². The molecule has 0 fully saturated rings. The van der Waals surface area contributed by atoms with Crippen LogP contribution < -0.4 is 4.74 Å². The van der Waals surface area contributed by atoms with Crippen molar-refractivity contribution in [2.45, 2.75) is 13.3 Å². The number of ether oxygens (including phenoxy) is 2. The second-order valence-corrected chi connectivity index (χ2v) is 3.39. The van der Waals surface area contributed by atoms with Crippen molar-refractivity contribution < 1.29 is 19.4 Å². The van der Waals surface area contributed by atoms with Crippen LogP contribution in [0.25, 0.3) is 0 Å². The lowest BCUT2D eigenvalue weighted by molar-refractivity contribution is 0.0690. The first-order chi connectivity index (χ1) is 7.57. The van der Waals surface area contributed by atoms with Crippen molar-refractivity contribution in [2.75, 3.05) is 20.3 Å². The van der Waals surface area contributed by atoms with Crippen LogP contribution in [0.2, 0.25) is 0 Å². The number of carboxylic acid groups (broad SMARTS) is 1. The number of rotatable bonds is 6. The van der Waals surface area contributed by atoms with Crippen molar-refractivity contribution in [3.63, 3.8) is 0 Å². The standard InChI is InChI=1S/C10H16N2O4/c1-7-8(10(13)14)9(12(2)11-7)16-6-4-5-15-3/h4-6H2,1-3H3,(H,13,14). The molecule has 6 heteroatoms. The molecule has 0 saturated carbocycles. The van der Waals surface area contributed by atoms with Gasteiger partial charge in [-0.25, -0.2) is 9.48 Å². The van der Waals surface area contributed by atoms with Gasteiger partial charge in [-0.15, -0.1) is 0 Å². The van der Waals surface area contributed by atoms with E-state index in [9.17, 15) is 4.79 Å². The Hall–Kier alpha value is -1.56. The van der Waals surface area contributed by atoms with E-state index < -0.39 is 5.97 Å². The fourth-order valence-corrected chi connectivity index (χ4v) is 1.42. The van der Waals surface area contributed by atoms with Gasteiger partial charge in [0.15, 0.2) is 0 Å². The van der Waals surface area contributed by atoms with Gasteiger partial charge in [0.2, 0.25) is 5.88 Å². The number of carbonyl (C=O) groups is 1. The van der Waals surface area contributed by atoms with Gasteiger partial charge in [-0.1, -0.05) is 0 Å². The summed E-state index contributed by atoms with van der Waals surface area (Å²) in [6.07, 6.45) is 0.708. The van der Waals surface area contributed by atoms with Gasteiger partial charge in [-0.05, 0) is 6.92 Å². The Bertz CT molecular complexity index is 373. The van der Waals surface area contributed by atoms with Gasteiger partial charge in [-0.3, -0.25) is 0 Å². The quantitative estimate of drug-likeness (QED) is 0.730. The minimum Gasteiger partial charge on any atom is -0.477 e. The highest BCUT2D eigenvalue weighted by Gasteiger charge is 2.20. The van der Waals surface area contributed by atoms with Crippen LogP contribution in [-0.2, 0) is 11.8 Å². The number of aromatic nitrogens is 2.